The lowest BCUT2D eigenvalue weighted by Gasteiger charge is -1.99. The fraction of sp³-hybridized carbons (Fsp3) is 0.333. The number of fused-ring (bicyclic) bond motifs is 1. The summed E-state index contributed by atoms with van der Waals surface area (Å²) in [4.78, 5) is 9.63. The smallest absolute Gasteiger partial charge is 0.190 e. The van der Waals surface area contributed by atoms with Gasteiger partial charge in [-0.1, -0.05) is 30.3 Å². The Morgan fingerprint density at radius 1 is 1.50 bits per heavy atom. The maximum atomic E-state index is 6.02. The van der Waals surface area contributed by atoms with E-state index in [1.54, 1.807) is 23.1 Å². The molecule has 0 fully saturated rings. The molecule has 0 N–H and O–H groups in total. The normalized spacial score (nSPS) is 11.0. The molecule has 0 spiro atoms. The van der Waals surface area contributed by atoms with Crippen LogP contribution in [0.2, 0.25) is 5.15 Å². The van der Waals surface area contributed by atoms with Gasteiger partial charge >= 0.3 is 0 Å². The van der Waals surface area contributed by atoms with E-state index < -0.39 is 0 Å². The number of hydrogen-bond donors (Lipinski definition) is 0. The second-order valence-electron chi connectivity index (χ2n) is 2.78. The van der Waals surface area contributed by atoms with E-state index in [1.807, 2.05) is 11.4 Å². The molecule has 0 bridgehead atoms. The summed E-state index contributed by atoms with van der Waals surface area (Å²) >= 11 is 9.28. The lowest BCUT2D eigenvalue weighted by atomic mass is 10.4. The van der Waals surface area contributed by atoms with E-state index in [9.17, 15) is 0 Å². The molecule has 74 valence electrons. The van der Waals surface area contributed by atoms with Gasteiger partial charge in [0.15, 0.2) is 5.16 Å². The number of hydrogen-bond acceptors (Lipinski definition) is 4. The first-order chi connectivity index (χ1) is 6.81. The number of aromatic nitrogens is 2. The highest BCUT2D eigenvalue weighted by atomic mass is 35.5. The Balaban J connectivity index is 2.38. The lowest BCUT2D eigenvalue weighted by molar-refractivity contribution is 1.00. The second-order valence-corrected chi connectivity index (χ2v) is 5.10. The molecule has 0 aliphatic carbocycles. The largest absolute Gasteiger partial charge is 0.211 e. The summed E-state index contributed by atoms with van der Waals surface area (Å²) in [6.45, 7) is 2.14. The van der Waals surface area contributed by atoms with E-state index in [1.165, 1.54) is 0 Å². The molecule has 0 aliphatic heterocycles. The molecule has 14 heavy (non-hydrogen) atoms. The predicted octanol–water partition coefficient (Wildman–Crippen LogP) is 3.85. The highest BCUT2D eigenvalue weighted by Crippen LogP contribution is 2.27. The van der Waals surface area contributed by atoms with Crippen molar-refractivity contribution in [2.24, 2.45) is 0 Å². The summed E-state index contributed by atoms with van der Waals surface area (Å²) in [6, 6.07) is 1.95. The van der Waals surface area contributed by atoms with E-state index >= 15 is 0 Å². The van der Waals surface area contributed by atoms with Crippen molar-refractivity contribution in [2.75, 3.05) is 5.75 Å². The molecule has 2 aromatic rings. The van der Waals surface area contributed by atoms with Gasteiger partial charge in [0.1, 0.15) is 9.98 Å². The van der Waals surface area contributed by atoms with Crippen LogP contribution in [0.5, 0.6) is 0 Å². The number of thiophene rings is 1. The van der Waals surface area contributed by atoms with E-state index in [0.29, 0.717) is 5.15 Å². The maximum Gasteiger partial charge on any atom is 0.190 e. The van der Waals surface area contributed by atoms with Crippen molar-refractivity contribution < 1.29 is 0 Å². The molecule has 2 nitrogen and oxygen atoms in total. The van der Waals surface area contributed by atoms with Crippen LogP contribution in [0.4, 0.5) is 0 Å². The maximum absolute atomic E-state index is 6.02. The van der Waals surface area contributed by atoms with E-state index in [0.717, 1.165) is 27.5 Å². The van der Waals surface area contributed by atoms with E-state index in [2.05, 4.69) is 16.9 Å². The van der Waals surface area contributed by atoms with Gasteiger partial charge in [0, 0.05) is 11.1 Å². The quantitative estimate of drug-likeness (QED) is 0.466. The Morgan fingerprint density at radius 3 is 3.14 bits per heavy atom. The lowest BCUT2D eigenvalue weighted by Crippen LogP contribution is -1.88. The van der Waals surface area contributed by atoms with Gasteiger partial charge in [0.05, 0.1) is 0 Å². The van der Waals surface area contributed by atoms with Crippen molar-refractivity contribution in [3.63, 3.8) is 0 Å². The van der Waals surface area contributed by atoms with Crippen LogP contribution in [0.1, 0.15) is 13.3 Å². The zero-order valence-electron chi connectivity index (χ0n) is 7.66. The van der Waals surface area contributed by atoms with Gasteiger partial charge in [0.2, 0.25) is 0 Å². The second kappa shape index (κ2) is 4.47. The fourth-order valence-electron chi connectivity index (χ4n) is 1.06. The van der Waals surface area contributed by atoms with Crippen LogP contribution >= 0.6 is 34.7 Å². The summed E-state index contributed by atoms with van der Waals surface area (Å²) < 4.78 is 0. The van der Waals surface area contributed by atoms with Crippen molar-refractivity contribution in [2.45, 2.75) is 18.5 Å². The summed E-state index contributed by atoms with van der Waals surface area (Å²) in [6.07, 6.45) is 1.12. The molecule has 5 heteroatoms. The Labute approximate surface area is 95.7 Å². The van der Waals surface area contributed by atoms with Crippen molar-refractivity contribution in [1.29, 1.82) is 0 Å². The van der Waals surface area contributed by atoms with Crippen LogP contribution < -0.4 is 0 Å². The molecule has 0 aromatic carbocycles. The third-order valence-corrected chi connectivity index (χ3v) is 3.84. The van der Waals surface area contributed by atoms with Crippen molar-refractivity contribution in [1.82, 2.24) is 9.97 Å². The van der Waals surface area contributed by atoms with Crippen molar-refractivity contribution >= 4 is 44.9 Å². The van der Waals surface area contributed by atoms with Crippen LogP contribution in [0.25, 0.3) is 10.2 Å². The van der Waals surface area contributed by atoms with Crippen LogP contribution in [0.3, 0.4) is 0 Å². The number of rotatable bonds is 3. The highest BCUT2D eigenvalue weighted by molar-refractivity contribution is 7.99. The van der Waals surface area contributed by atoms with Crippen LogP contribution in [0, 0.1) is 0 Å². The van der Waals surface area contributed by atoms with E-state index in [-0.39, 0.29) is 0 Å². The minimum Gasteiger partial charge on any atom is -0.211 e. The minimum atomic E-state index is 0.565. The monoisotopic (exact) mass is 244 g/mol. The Kier molecular flexibility index (Phi) is 3.26. The molecule has 0 saturated carbocycles. The first-order valence-corrected chi connectivity index (χ1v) is 6.59. The van der Waals surface area contributed by atoms with Crippen molar-refractivity contribution in [3.8, 4) is 0 Å². The molecule has 0 atom stereocenters. The first-order valence-electron chi connectivity index (χ1n) is 4.35. The molecule has 2 aromatic heterocycles. The Bertz CT molecular complexity index is 441. The molecule has 0 unspecified atom stereocenters. The van der Waals surface area contributed by atoms with Crippen molar-refractivity contribution in [3.05, 3.63) is 16.6 Å². The highest BCUT2D eigenvalue weighted by Gasteiger charge is 2.06. The molecule has 2 rings (SSSR count). The summed E-state index contributed by atoms with van der Waals surface area (Å²) in [5.41, 5.74) is 0. The van der Waals surface area contributed by atoms with Gasteiger partial charge in [-0.15, -0.1) is 11.3 Å². The summed E-state index contributed by atoms with van der Waals surface area (Å²) in [7, 11) is 0. The van der Waals surface area contributed by atoms with Crippen LogP contribution in [-0.4, -0.2) is 15.7 Å². The zero-order valence-corrected chi connectivity index (χ0v) is 10.0. The average molecular weight is 245 g/mol. The SMILES string of the molecule is CCCSc1nc(Cl)c2ccsc2n1. The molecule has 0 saturated heterocycles. The molecule has 0 amide bonds. The van der Waals surface area contributed by atoms with Crippen LogP contribution in [0.15, 0.2) is 16.6 Å². The summed E-state index contributed by atoms with van der Waals surface area (Å²) in [5, 5.41) is 4.29. The Morgan fingerprint density at radius 2 is 2.36 bits per heavy atom. The molecule has 0 radical (unpaired) electrons. The van der Waals surface area contributed by atoms with Gasteiger partial charge in [-0.2, -0.15) is 0 Å². The number of thioether (sulfide) groups is 1. The van der Waals surface area contributed by atoms with Gasteiger partial charge in [-0.25, -0.2) is 9.97 Å². The number of halogens is 1. The van der Waals surface area contributed by atoms with E-state index in [4.69, 9.17) is 11.6 Å². The predicted molar refractivity (Wildman–Crippen MR) is 63.4 cm³/mol. The molecular weight excluding hydrogens is 236 g/mol. The summed E-state index contributed by atoms with van der Waals surface area (Å²) in [5.74, 6) is 1.03. The topological polar surface area (TPSA) is 25.8 Å². The molecule has 0 aliphatic rings. The third-order valence-electron chi connectivity index (χ3n) is 1.69. The standard InChI is InChI=1S/C9H9ClN2S2/c1-2-4-14-9-11-7(10)6-3-5-13-8(6)12-9/h3,5H,2,4H2,1H3. The first kappa shape index (κ1) is 10.2. The molecule has 2 heterocycles. The van der Waals surface area contributed by atoms with Gasteiger partial charge in [-0.05, 0) is 17.9 Å². The molecular formula is C9H9ClN2S2. The number of nitrogens with zero attached hydrogens (tertiary/aromatic N) is 2. The average Bonchev–Trinajstić information content (AvgIpc) is 2.63. The minimum absolute atomic E-state index is 0.565. The van der Waals surface area contributed by atoms with Gasteiger partial charge in [0.25, 0.3) is 0 Å². The van der Waals surface area contributed by atoms with Crippen LogP contribution in [-0.2, 0) is 0 Å². The Hall–Kier alpha value is -0.320. The third kappa shape index (κ3) is 2.02. The zero-order chi connectivity index (χ0) is 9.97. The fourth-order valence-corrected chi connectivity index (χ4v) is 2.92. The van der Waals surface area contributed by atoms with Gasteiger partial charge in [-0.3, -0.25) is 0 Å². The van der Waals surface area contributed by atoms with Gasteiger partial charge < -0.3 is 0 Å².